The van der Waals surface area contributed by atoms with Crippen LogP contribution in [0, 0.1) is 0 Å². The summed E-state index contributed by atoms with van der Waals surface area (Å²) in [5.74, 6) is -0.128. The van der Waals surface area contributed by atoms with Crippen molar-refractivity contribution < 1.29 is 13.2 Å². The summed E-state index contributed by atoms with van der Waals surface area (Å²) in [6, 6.07) is 14.3. The maximum Gasteiger partial charge on any atom is 0.243 e. The van der Waals surface area contributed by atoms with Crippen molar-refractivity contribution >= 4 is 38.4 Å². The Morgan fingerprint density at radius 1 is 1.07 bits per heavy atom. The lowest BCUT2D eigenvalue weighted by Gasteiger charge is -2.15. The Morgan fingerprint density at radius 3 is 2.62 bits per heavy atom. The van der Waals surface area contributed by atoms with Gasteiger partial charge in [0.1, 0.15) is 6.54 Å². The van der Waals surface area contributed by atoms with Crippen LogP contribution in [0.3, 0.4) is 0 Å². The fraction of sp³-hybridized carbons (Fsp3) is 0.286. The van der Waals surface area contributed by atoms with Crippen LogP contribution in [-0.4, -0.2) is 36.3 Å². The van der Waals surface area contributed by atoms with Crippen molar-refractivity contribution in [1.29, 1.82) is 0 Å². The molecule has 0 saturated carbocycles. The number of nitrogens with zero attached hydrogens (tertiary/aromatic N) is 2. The second kappa shape index (κ2) is 8.18. The number of amides is 1. The first kappa shape index (κ1) is 19.9. The second-order valence-electron chi connectivity index (χ2n) is 7.18. The van der Waals surface area contributed by atoms with E-state index in [2.05, 4.69) is 5.32 Å². The minimum Gasteiger partial charge on any atom is -0.350 e. The molecule has 6 nitrogen and oxygen atoms in total. The Hall–Kier alpha value is -2.35. The average Bonchev–Trinajstić information content (AvgIpc) is 3.37. The zero-order valence-corrected chi connectivity index (χ0v) is 17.4. The predicted octanol–water partition coefficient (Wildman–Crippen LogP) is 3.40. The van der Waals surface area contributed by atoms with Crippen molar-refractivity contribution in [2.45, 2.75) is 30.8 Å². The van der Waals surface area contributed by atoms with E-state index in [4.69, 9.17) is 11.6 Å². The van der Waals surface area contributed by atoms with Gasteiger partial charge in [0.15, 0.2) is 0 Å². The van der Waals surface area contributed by atoms with Crippen LogP contribution < -0.4 is 5.32 Å². The van der Waals surface area contributed by atoms with Crippen LogP contribution >= 0.6 is 11.6 Å². The highest BCUT2D eigenvalue weighted by atomic mass is 35.5. The summed E-state index contributed by atoms with van der Waals surface area (Å²) in [5.41, 5.74) is 1.75. The lowest BCUT2D eigenvalue weighted by Crippen LogP contribution is -2.28. The van der Waals surface area contributed by atoms with E-state index in [1.165, 1.54) is 4.31 Å². The standard InChI is InChI=1S/C21H22ClN3O3S/c22-18-5-3-4-16(12-18)14-23-21(26)15-24-11-8-17-13-19(6-7-20(17)24)29(27,28)25-9-1-2-10-25/h3-8,11-13H,1-2,9-10,14-15H2,(H,23,26). The van der Waals surface area contributed by atoms with Crippen molar-refractivity contribution in [1.82, 2.24) is 14.2 Å². The molecule has 3 aromatic rings. The molecule has 152 valence electrons. The van der Waals surface area contributed by atoms with Crippen LogP contribution in [0.1, 0.15) is 18.4 Å². The number of hydrogen-bond acceptors (Lipinski definition) is 3. The third-order valence-corrected chi connectivity index (χ3v) is 7.27. The molecule has 8 heteroatoms. The van der Waals surface area contributed by atoms with E-state index < -0.39 is 10.0 Å². The lowest BCUT2D eigenvalue weighted by molar-refractivity contribution is -0.121. The SMILES string of the molecule is O=C(Cn1ccc2cc(S(=O)(=O)N3CCCC3)ccc21)NCc1cccc(Cl)c1. The topological polar surface area (TPSA) is 71.4 Å². The van der Waals surface area contributed by atoms with Gasteiger partial charge in [-0.2, -0.15) is 4.31 Å². The number of benzene rings is 2. The van der Waals surface area contributed by atoms with Gasteiger partial charge < -0.3 is 9.88 Å². The van der Waals surface area contributed by atoms with Gasteiger partial charge in [0, 0.05) is 41.8 Å². The fourth-order valence-electron chi connectivity index (χ4n) is 3.61. The zero-order chi connectivity index (χ0) is 20.4. The van der Waals surface area contributed by atoms with Crippen LogP contribution in [0.4, 0.5) is 0 Å². The first-order chi connectivity index (χ1) is 13.9. The molecule has 2 aromatic carbocycles. The van der Waals surface area contributed by atoms with Crippen molar-refractivity contribution in [3.63, 3.8) is 0 Å². The monoisotopic (exact) mass is 431 g/mol. The number of hydrogen-bond donors (Lipinski definition) is 1. The molecular formula is C21H22ClN3O3S. The molecule has 1 fully saturated rings. The van der Waals surface area contributed by atoms with Crippen molar-refractivity contribution in [3.05, 3.63) is 65.3 Å². The molecule has 29 heavy (non-hydrogen) atoms. The number of rotatable bonds is 6. The Bertz CT molecular complexity index is 1150. The molecule has 0 radical (unpaired) electrons. The van der Waals surface area contributed by atoms with E-state index in [1.807, 2.05) is 28.8 Å². The Kier molecular flexibility index (Phi) is 5.63. The molecule has 0 bridgehead atoms. The summed E-state index contributed by atoms with van der Waals surface area (Å²) < 4.78 is 28.9. The number of aromatic nitrogens is 1. The van der Waals surface area contributed by atoms with Gasteiger partial charge in [0.25, 0.3) is 0 Å². The van der Waals surface area contributed by atoms with Crippen molar-refractivity contribution in [3.8, 4) is 0 Å². The zero-order valence-electron chi connectivity index (χ0n) is 15.8. The molecule has 4 rings (SSSR count). The molecule has 1 aliphatic heterocycles. The third kappa shape index (κ3) is 4.32. The highest BCUT2D eigenvalue weighted by molar-refractivity contribution is 7.89. The molecule has 0 unspecified atom stereocenters. The van der Waals surface area contributed by atoms with Crippen LogP contribution in [0.2, 0.25) is 5.02 Å². The summed E-state index contributed by atoms with van der Waals surface area (Å²) in [6.07, 6.45) is 3.61. The molecule has 2 heterocycles. The smallest absolute Gasteiger partial charge is 0.243 e. The quantitative estimate of drug-likeness (QED) is 0.650. The summed E-state index contributed by atoms with van der Waals surface area (Å²) in [6.45, 7) is 1.71. The summed E-state index contributed by atoms with van der Waals surface area (Å²) >= 11 is 5.96. The van der Waals surface area contributed by atoms with Gasteiger partial charge in [0.2, 0.25) is 15.9 Å². The summed E-state index contributed by atoms with van der Waals surface area (Å²) in [7, 11) is -3.45. The molecule has 0 atom stereocenters. The molecule has 1 aromatic heterocycles. The Balaban J connectivity index is 1.47. The number of fused-ring (bicyclic) bond motifs is 1. The van der Waals surface area contributed by atoms with E-state index >= 15 is 0 Å². The van der Waals surface area contributed by atoms with Gasteiger partial charge in [-0.05, 0) is 54.8 Å². The minimum atomic E-state index is -3.45. The maximum atomic E-state index is 12.8. The van der Waals surface area contributed by atoms with Crippen LogP contribution in [-0.2, 0) is 27.9 Å². The fourth-order valence-corrected chi connectivity index (χ4v) is 5.38. The van der Waals surface area contributed by atoms with E-state index in [1.54, 1.807) is 30.5 Å². The Morgan fingerprint density at radius 2 is 1.86 bits per heavy atom. The highest BCUT2D eigenvalue weighted by Crippen LogP contribution is 2.25. The molecule has 0 aliphatic carbocycles. The van der Waals surface area contributed by atoms with E-state index in [0.717, 1.165) is 29.3 Å². The minimum absolute atomic E-state index is 0.128. The molecule has 1 amide bonds. The maximum absolute atomic E-state index is 12.8. The van der Waals surface area contributed by atoms with Gasteiger partial charge in [-0.25, -0.2) is 8.42 Å². The summed E-state index contributed by atoms with van der Waals surface area (Å²) in [5, 5.41) is 4.31. The number of sulfonamides is 1. The van der Waals surface area contributed by atoms with E-state index in [0.29, 0.717) is 29.6 Å². The first-order valence-corrected chi connectivity index (χ1v) is 11.4. The average molecular weight is 432 g/mol. The lowest BCUT2D eigenvalue weighted by atomic mass is 10.2. The number of carbonyl (C=O) groups is 1. The van der Waals surface area contributed by atoms with Gasteiger partial charge in [-0.1, -0.05) is 23.7 Å². The Labute approximate surface area is 175 Å². The molecule has 0 spiro atoms. The van der Waals surface area contributed by atoms with Crippen molar-refractivity contribution in [2.24, 2.45) is 0 Å². The molecule has 1 aliphatic rings. The van der Waals surface area contributed by atoms with E-state index in [9.17, 15) is 13.2 Å². The van der Waals surface area contributed by atoms with Crippen LogP contribution in [0.15, 0.2) is 59.6 Å². The largest absolute Gasteiger partial charge is 0.350 e. The summed E-state index contributed by atoms with van der Waals surface area (Å²) in [4.78, 5) is 12.6. The van der Waals surface area contributed by atoms with Gasteiger partial charge in [-0.3, -0.25) is 4.79 Å². The van der Waals surface area contributed by atoms with Gasteiger partial charge in [0.05, 0.1) is 4.90 Å². The normalized spacial score (nSPS) is 15.1. The highest BCUT2D eigenvalue weighted by Gasteiger charge is 2.27. The third-order valence-electron chi connectivity index (χ3n) is 5.14. The molecule has 1 saturated heterocycles. The van der Waals surface area contributed by atoms with Crippen LogP contribution in [0.5, 0.6) is 0 Å². The predicted molar refractivity (Wildman–Crippen MR) is 113 cm³/mol. The number of halogens is 1. The van der Waals surface area contributed by atoms with Crippen LogP contribution in [0.25, 0.3) is 10.9 Å². The number of carbonyl (C=O) groups excluding carboxylic acids is 1. The molecular weight excluding hydrogens is 410 g/mol. The molecule has 1 N–H and O–H groups in total. The van der Waals surface area contributed by atoms with Gasteiger partial charge >= 0.3 is 0 Å². The van der Waals surface area contributed by atoms with Crippen molar-refractivity contribution in [2.75, 3.05) is 13.1 Å². The van der Waals surface area contributed by atoms with Gasteiger partial charge in [-0.15, -0.1) is 0 Å². The second-order valence-corrected chi connectivity index (χ2v) is 9.56. The first-order valence-electron chi connectivity index (χ1n) is 9.54. The van der Waals surface area contributed by atoms with E-state index in [-0.39, 0.29) is 12.5 Å². The number of nitrogens with one attached hydrogen (secondary N) is 1.